The summed E-state index contributed by atoms with van der Waals surface area (Å²) in [4.78, 5) is 49.2. The Labute approximate surface area is 203 Å². The largest absolute Gasteiger partial charge is 0.481 e. The van der Waals surface area contributed by atoms with Crippen LogP contribution in [0.5, 0.6) is 0 Å². The van der Waals surface area contributed by atoms with Crippen molar-refractivity contribution in [3.63, 3.8) is 0 Å². The number of hydrogen-bond donors (Lipinski definition) is 4. The monoisotopic (exact) mass is 483 g/mol. The van der Waals surface area contributed by atoms with Crippen LogP contribution in [0.2, 0.25) is 0 Å². The van der Waals surface area contributed by atoms with Gasteiger partial charge in [-0.1, -0.05) is 0 Å². The van der Waals surface area contributed by atoms with Gasteiger partial charge >= 0.3 is 5.97 Å². The topological polar surface area (TPSA) is 166 Å². The van der Waals surface area contributed by atoms with E-state index in [1.807, 2.05) is 0 Å². The highest BCUT2D eigenvalue weighted by Gasteiger charge is 2.30. The zero-order valence-electron chi connectivity index (χ0n) is 19.8. The minimum atomic E-state index is -0.833. The summed E-state index contributed by atoms with van der Waals surface area (Å²) in [6, 6.07) is 12.2. The molecule has 2 aromatic carbocycles. The molecule has 11 heteroatoms. The molecule has 0 unspecified atom stereocenters. The molecule has 0 aromatic heterocycles. The quantitative estimate of drug-likeness (QED) is 0.264. The molecule has 0 bridgehead atoms. The average Bonchev–Trinajstić information content (AvgIpc) is 2.88. The zero-order chi connectivity index (χ0) is 26.1. The van der Waals surface area contributed by atoms with Gasteiger partial charge in [0, 0.05) is 37.5 Å². The number of nitrogen functional groups attached to an aromatic ring is 1. The van der Waals surface area contributed by atoms with Crippen molar-refractivity contribution in [3.8, 4) is 0 Å². The van der Waals surface area contributed by atoms with Crippen molar-refractivity contribution in [2.45, 2.75) is 20.3 Å². The van der Waals surface area contributed by atoms with Gasteiger partial charge in [-0.3, -0.25) is 24.6 Å². The molecule has 2 aromatic rings. The Morgan fingerprint density at radius 3 is 2.31 bits per heavy atom. The van der Waals surface area contributed by atoms with Crippen molar-refractivity contribution in [3.05, 3.63) is 53.6 Å². The lowest BCUT2D eigenvalue weighted by molar-refractivity contribution is -0.143. The normalized spacial score (nSPS) is 12.7. The molecule has 35 heavy (non-hydrogen) atoms. The van der Waals surface area contributed by atoms with Gasteiger partial charge in [-0.25, -0.2) is 0 Å². The number of rotatable bonds is 7. The molecule has 1 aliphatic heterocycles. The van der Waals surface area contributed by atoms with Crippen LogP contribution in [0.3, 0.4) is 0 Å². The van der Waals surface area contributed by atoms with Crippen LogP contribution in [0.1, 0.15) is 36.2 Å². The van der Waals surface area contributed by atoms with Gasteiger partial charge < -0.3 is 30.7 Å². The summed E-state index contributed by atoms with van der Waals surface area (Å²) in [5.74, 6) is -1.83. The molecule has 0 spiro atoms. The van der Waals surface area contributed by atoms with E-state index in [0.29, 0.717) is 22.5 Å². The van der Waals surface area contributed by atoms with E-state index in [1.54, 1.807) is 56.4 Å². The molecule has 1 heterocycles. The van der Waals surface area contributed by atoms with E-state index in [4.69, 9.17) is 25.8 Å². The molecule has 0 atom stereocenters. The Morgan fingerprint density at radius 1 is 1.14 bits per heavy atom. The van der Waals surface area contributed by atoms with Gasteiger partial charge in [0.25, 0.3) is 11.9 Å². The third-order valence-corrected chi connectivity index (χ3v) is 4.95. The Hall–Kier alpha value is -4.41. The number of ether oxygens (including phenoxy) is 1. The van der Waals surface area contributed by atoms with Crippen molar-refractivity contribution in [1.82, 2.24) is 4.90 Å². The zero-order valence-corrected chi connectivity index (χ0v) is 19.8. The third-order valence-electron chi connectivity index (χ3n) is 4.95. The Bertz CT molecular complexity index is 1110. The first-order chi connectivity index (χ1) is 16.5. The summed E-state index contributed by atoms with van der Waals surface area (Å²) < 4.78 is 4.92. The fourth-order valence-corrected chi connectivity index (χ4v) is 3.26. The number of nitrogens with two attached hydrogens (primary N) is 1. The lowest BCUT2D eigenvalue weighted by Gasteiger charge is -2.19. The maximum absolute atomic E-state index is 13.2. The molecule has 0 fully saturated rings. The molecule has 186 valence electrons. The number of amides is 2. The minimum Gasteiger partial charge on any atom is -0.481 e. The molecule has 1 aliphatic rings. The van der Waals surface area contributed by atoms with Crippen LogP contribution < -0.4 is 16.0 Å². The standard InChI is InChI=1S/C22H25N5O4.C2H4O2/c1-3-31-20(29)10-11-27-13-19(28)26(2)18-9-8-16(12-17(18)22(27)30)25-15-6-4-14(5-7-15)21(23)24;1-2(3)4/h4-9,12,25H,3,10-11,13H2,1-2H3,(H3,23,24);1H3,(H,3,4). The second-order valence-corrected chi connectivity index (χ2v) is 7.60. The van der Waals surface area contributed by atoms with Crippen LogP contribution >= 0.6 is 0 Å². The number of nitrogens with one attached hydrogen (secondary N) is 2. The van der Waals surface area contributed by atoms with Crippen molar-refractivity contribution in [2.75, 3.05) is 37.0 Å². The summed E-state index contributed by atoms with van der Waals surface area (Å²) in [7, 11) is 1.62. The van der Waals surface area contributed by atoms with Gasteiger partial charge in [0.15, 0.2) is 0 Å². The number of hydrogen-bond acceptors (Lipinski definition) is 7. The van der Waals surface area contributed by atoms with Gasteiger partial charge in [-0.2, -0.15) is 0 Å². The van der Waals surface area contributed by atoms with E-state index in [1.165, 1.54) is 9.80 Å². The molecule has 5 N–H and O–H groups in total. The van der Waals surface area contributed by atoms with Crippen LogP contribution in [0.4, 0.5) is 17.1 Å². The minimum absolute atomic E-state index is 0.0159. The number of esters is 1. The first kappa shape index (κ1) is 26.8. The van der Waals surface area contributed by atoms with E-state index in [-0.39, 0.29) is 43.8 Å². The number of likely N-dealkylation sites (N-methyl/N-ethyl adjacent to an activating group) is 1. The smallest absolute Gasteiger partial charge is 0.307 e. The number of amidine groups is 1. The Kier molecular flexibility index (Phi) is 9.33. The maximum atomic E-state index is 13.2. The first-order valence-corrected chi connectivity index (χ1v) is 10.8. The summed E-state index contributed by atoms with van der Waals surface area (Å²) in [6.07, 6.45) is 0.0202. The van der Waals surface area contributed by atoms with Gasteiger partial charge in [0.05, 0.1) is 24.3 Å². The van der Waals surface area contributed by atoms with Gasteiger partial charge in [-0.05, 0) is 49.4 Å². The molecular weight excluding hydrogens is 454 g/mol. The number of carbonyl (C=O) groups is 4. The highest BCUT2D eigenvalue weighted by Crippen LogP contribution is 2.29. The molecule has 0 saturated carbocycles. The van der Waals surface area contributed by atoms with Gasteiger partial charge in [0.2, 0.25) is 5.91 Å². The Morgan fingerprint density at radius 2 is 1.74 bits per heavy atom. The fraction of sp³-hybridized carbons (Fsp3) is 0.292. The highest BCUT2D eigenvalue weighted by molar-refractivity contribution is 6.10. The predicted octanol–water partition coefficient (Wildman–Crippen LogP) is 2.18. The molecule has 2 amide bonds. The average molecular weight is 484 g/mol. The lowest BCUT2D eigenvalue weighted by Crippen LogP contribution is -2.39. The predicted molar refractivity (Wildman–Crippen MR) is 131 cm³/mol. The first-order valence-electron chi connectivity index (χ1n) is 10.8. The second kappa shape index (κ2) is 12.2. The van der Waals surface area contributed by atoms with Gasteiger partial charge in [-0.15, -0.1) is 0 Å². The molecule has 11 nitrogen and oxygen atoms in total. The summed E-state index contributed by atoms with van der Waals surface area (Å²) in [5, 5.41) is 18.1. The fourth-order valence-electron chi connectivity index (χ4n) is 3.26. The van der Waals surface area contributed by atoms with Crippen LogP contribution in [-0.2, 0) is 19.1 Å². The number of benzene rings is 2. The van der Waals surface area contributed by atoms with E-state index in [9.17, 15) is 14.4 Å². The summed E-state index contributed by atoms with van der Waals surface area (Å²) in [5.41, 5.74) is 8.38. The van der Waals surface area contributed by atoms with E-state index in [0.717, 1.165) is 12.6 Å². The highest BCUT2D eigenvalue weighted by atomic mass is 16.5. The SMILES string of the molecule is CC(=O)O.CCOC(=O)CCN1CC(=O)N(C)c2ccc(Nc3ccc(C(=N)N)cc3)cc2C1=O. The van der Waals surface area contributed by atoms with Crippen LogP contribution in [-0.4, -0.2) is 66.3 Å². The van der Waals surface area contributed by atoms with Crippen LogP contribution in [0.15, 0.2) is 42.5 Å². The van der Waals surface area contributed by atoms with Gasteiger partial charge in [0.1, 0.15) is 12.4 Å². The number of carboxylic acids is 1. The maximum Gasteiger partial charge on any atom is 0.307 e. The number of carbonyl (C=O) groups excluding carboxylic acids is 3. The summed E-state index contributed by atoms with van der Waals surface area (Å²) in [6.45, 7) is 3.05. The Balaban J connectivity index is 0.00000100. The number of anilines is 3. The van der Waals surface area contributed by atoms with Crippen LogP contribution in [0, 0.1) is 5.41 Å². The number of fused-ring (bicyclic) bond motifs is 1. The van der Waals surface area contributed by atoms with E-state index < -0.39 is 11.9 Å². The van der Waals surface area contributed by atoms with E-state index >= 15 is 0 Å². The van der Waals surface area contributed by atoms with Crippen molar-refractivity contribution < 1.29 is 29.0 Å². The van der Waals surface area contributed by atoms with Crippen molar-refractivity contribution >= 4 is 46.7 Å². The molecule has 0 radical (unpaired) electrons. The third kappa shape index (κ3) is 7.56. The van der Waals surface area contributed by atoms with Crippen molar-refractivity contribution in [2.24, 2.45) is 5.73 Å². The number of carboxylic acid groups (broad SMARTS) is 1. The van der Waals surface area contributed by atoms with Crippen molar-refractivity contribution in [1.29, 1.82) is 5.41 Å². The number of nitrogens with zero attached hydrogens (tertiary/aromatic N) is 2. The molecule has 3 rings (SSSR count). The molecule has 0 aliphatic carbocycles. The van der Waals surface area contributed by atoms with Crippen LogP contribution in [0.25, 0.3) is 0 Å². The second-order valence-electron chi connectivity index (χ2n) is 7.60. The van der Waals surface area contributed by atoms with E-state index in [2.05, 4.69) is 5.32 Å². The molecule has 0 saturated heterocycles. The summed E-state index contributed by atoms with van der Waals surface area (Å²) >= 11 is 0. The lowest BCUT2D eigenvalue weighted by atomic mass is 10.1. The number of aliphatic carboxylic acids is 1. The molecular formula is C24H29N5O6.